The number of pyridine rings is 2. The van der Waals surface area contributed by atoms with E-state index in [2.05, 4.69) is 165 Å². The molecule has 0 fully saturated rings. The van der Waals surface area contributed by atoms with Crippen LogP contribution in [0.25, 0.3) is 53.8 Å². The first kappa shape index (κ1) is 35.3. The summed E-state index contributed by atoms with van der Waals surface area (Å²) < 4.78 is 2.62. The van der Waals surface area contributed by atoms with Crippen LogP contribution in [-0.4, -0.2) is 18.0 Å². The van der Waals surface area contributed by atoms with Crippen molar-refractivity contribution in [3.63, 3.8) is 0 Å². The normalized spacial score (nSPS) is 11.1. The topological polar surface area (TPSA) is 25.8 Å². The molecule has 0 aliphatic carbocycles. The molecule has 50 heavy (non-hydrogen) atoms. The molecule has 5 aromatic carbocycles. The summed E-state index contributed by atoms with van der Waals surface area (Å²) in [5, 5.41) is 4.08. The smallest absolute Gasteiger partial charge is 0.0795 e. The van der Waals surface area contributed by atoms with Gasteiger partial charge in [-0.3, -0.25) is 0 Å². The van der Waals surface area contributed by atoms with E-state index < -0.39 is 8.07 Å². The van der Waals surface area contributed by atoms with Crippen molar-refractivity contribution in [2.24, 2.45) is 0 Å². The van der Waals surface area contributed by atoms with Crippen molar-refractivity contribution in [3.05, 3.63) is 175 Å². The molecule has 5 heteroatoms. The van der Waals surface area contributed by atoms with Gasteiger partial charge in [-0.05, 0) is 61.9 Å². The van der Waals surface area contributed by atoms with Crippen molar-refractivity contribution in [1.29, 1.82) is 0 Å². The van der Waals surface area contributed by atoms with Gasteiger partial charge in [-0.2, -0.15) is 11.3 Å². The zero-order valence-corrected chi connectivity index (χ0v) is 32.9. The summed E-state index contributed by atoms with van der Waals surface area (Å²) in [6.07, 6.45) is 4.86. The summed E-state index contributed by atoms with van der Waals surface area (Å²) in [6.45, 7) is 9.23. The number of aryl methyl sites for hydroxylation is 1. The fraction of sp³-hybridized carbons (Fsp3) is 0.111. The van der Waals surface area contributed by atoms with Crippen molar-refractivity contribution in [2.75, 3.05) is 0 Å². The summed E-state index contributed by atoms with van der Waals surface area (Å²) in [6, 6.07) is 53.3. The third-order valence-corrected chi connectivity index (χ3v) is 12.0. The SMILES string of the molecule is Cc1c[c-]c(-c2ccc([Si](C)(C)C)cn2)c2sc3ccccc3c12.[Ir].[c-]1ccc(-c2ccccc2)cc1-c1cc(Cc2ccccc2)ccn1. The number of benzene rings is 5. The Hall–Kier alpha value is -4.51. The van der Waals surface area contributed by atoms with E-state index in [0.29, 0.717) is 0 Å². The fourth-order valence-corrected chi connectivity index (χ4v) is 8.41. The Morgan fingerprint density at radius 2 is 1.42 bits per heavy atom. The molecule has 2 nitrogen and oxygen atoms in total. The van der Waals surface area contributed by atoms with Gasteiger partial charge >= 0.3 is 0 Å². The van der Waals surface area contributed by atoms with Crippen LogP contribution in [-0.2, 0) is 26.5 Å². The zero-order valence-electron chi connectivity index (χ0n) is 28.7. The van der Waals surface area contributed by atoms with Crippen molar-refractivity contribution < 1.29 is 20.1 Å². The van der Waals surface area contributed by atoms with E-state index in [4.69, 9.17) is 4.98 Å². The standard InChI is InChI=1S/C24H18N.C21H20NSSi.Ir/c1-3-8-19(9-4-1)16-20-14-15-25-24(17-20)23-13-7-12-22(18-23)21-10-5-2-6-11-21;1-14-9-11-16(18-12-10-15(13-22-18)24(2,3)4)21-20(14)17-7-5-6-8-19(17)23-21;/h1-12,14-15,17-18H,16H2;5-10,12-13H,1-4H3;/q2*-1;. The Morgan fingerprint density at radius 1 is 0.680 bits per heavy atom. The molecule has 0 saturated carbocycles. The average molecular weight is 859 g/mol. The van der Waals surface area contributed by atoms with Crippen molar-refractivity contribution in [2.45, 2.75) is 33.0 Å². The molecule has 8 aromatic rings. The second kappa shape index (κ2) is 15.6. The minimum atomic E-state index is -1.32. The van der Waals surface area contributed by atoms with E-state index in [1.807, 2.05) is 35.7 Å². The van der Waals surface area contributed by atoms with E-state index in [1.54, 1.807) is 0 Å². The molecule has 249 valence electrons. The summed E-state index contributed by atoms with van der Waals surface area (Å²) in [5.41, 5.74) is 10.4. The zero-order chi connectivity index (χ0) is 33.8. The van der Waals surface area contributed by atoms with Gasteiger partial charge in [0.1, 0.15) is 0 Å². The Balaban J connectivity index is 0.000000170. The van der Waals surface area contributed by atoms with Crippen LogP contribution >= 0.6 is 11.3 Å². The maximum Gasteiger partial charge on any atom is 0.0795 e. The Bertz CT molecular complexity index is 2340. The molecule has 0 bridgehead atoms. The van der Waals surface area contributed by atoms with Gasteiger partial charge in [0, 0.05) is 37.2 Å². The Kier molecular flexibility index (Phi) is 11.0. The molecule has 8 rings (SSSR count). The van der Waals surface area contributed by atoms with Crippen LogP contribution in [0.3, 0.4) is 0 Å². The molecule has 0 unspecified atom stereocenters. The largest absolute Gasteiger partial charge is 0.305 e. The maximum atomic E-state index is 4.78. The summed E-state index contributed by atoms with van der Waals surface area (Å²) >= 11 is 1.84. The van der Waals surface area contributed by atoms with E-state index in [1.165, 1.54) is 53.2 Å². The first-order valence-corrected chi connectivity index (χ1v) is 21.0. The third kappa shape index (κ3) is 7.93. The Morgan fingerprint density at radius 3 is 2.16 bits per heavy atom. The van der Waals surface area contributed by atoms with Crippen molar-refractivity contribution in [1.82, 2.24) is 9.97 Å². The molecular weight excluding hydrogens is 821 g/mol. The second-order valence-electron chi connectivity index (χ2n) is 13.4. The number of rotatable bonds is 6. The molecule has 0 N–H and O–H groups in total. The number of nitrogens with zero attached hydrogens (tertiary/aromatic N) is 2. The van der Waals surface area contributed by atoms with Gasteiger partial charge in [-0.1, -0.05) is 129 Å². The molecule has 0 atom stereocenters. The third-order valence-electron chi connectivity index (χ3n) is 8.80. The van der Waals surface area contributed by atoms with Gasteiger partial charge in [0.15, 0.2) is 0 Å². The molecular formula is C45H38IrN2SSi-2. The predicted molar refractivity (Wildman–Crippen MR) is 212 cm³/mol. The van der Waals surface area contributed by atoms with Gasteiger partial charge in [-0.15, -0.1) is 58.7 Å². The summed E-state index contributed by atoms with van der Waals surface area (Å²) in [4.78, 5) is 9.33. The monoisotopic (exact) mass is 859 g/mol. The van der Waals surface area contributed by atoms with E-state index in [-0.39, 0.29) is 20.1 Å². The predicted octanol–water partition coefficient (Wildman–Crippen LogP) is 11.6. The minimum absolute atomic E-state index is 0. The number of thiophene rings is 1. The number of hydrogen-bond donors (Lipinski definition) is 0. The number of fused-ring (bicyclic) bond motifs is 3. The maximum absolute atomic E-state index is 4.78. The molecule has 1 radical (unpaired) electrons. The van der Waals surface area contributed by atoms with Gasteiger partial charge < -0.3 is 9.97 Å². The molecule has 0 aliphatic heterocycles. The molecule has 0 saturated heterocycles. The van der Waals surface area contributed by atoms with Gasteiger partial charge in [0.2, 0.25) is 0 Å². The second-order valence-corrected chi connectivity index (χ2v) is 19.5. The van der Waals surface area contributed by atoms with E-state index in [9.17, 15) is 0 Å². The van der Waals surface area contributed by atoms with Crippen LogP contribution < -0.4 is 5.19 Å². The molecule has 0 amide bonds. The Labute approximate surface area is 314 Å². The fourth-order valence-electron chi connectivity index (χ4n) is 6.09. The first-order chi connectivity index (χ1) is 23.8. The summed E-state index contributed by atoms with van der Waals surface area (Å²) in [5.74, 6) is 0. The molecule has 3 heterocycles. The van der Waals surface area contributed by atoms with Gasteiger partial charge in [0.05, 0.1) is 8.07 Å². The van der Waals surface area contributed by atoms with Crippen LogP contribution in [0.1, 0.15) is 16.7 Å². The first-order valence-electron chi connectivity index (χ1n) is 16.7. The van der Waals surface area contributed by atoms with Crippen molar-refractivity contribution in [3.8, 4) is 33.6 Å². The van der Waals surface area contributed by atoms with Gasteiger partial charge in [-0.25, -0.2) is 0 Å². The van der Waals surface area contributed by atoms with E-state index >= 15 is 0 Å². The van der Waals surface area contributed by atoms with Gasteiger partial charge in [0.25, 0.3) is 0 Å². The average Bonchev–Trinajstić information content (AvgIpc) is 3.53. The van der Waals surface area contributed by atoms with Crippen LogP contribution in [0.2, 0.25) is 19.6 Å². The minimum Gasteiger partial charge on any atom is -0.305 e. The van der Waals surface area contributed by atoms with Crippen LogP contribution in [0.4, 0.5) is 0 Å². The molecule has 3 aromatic heterocycles. The molecule has 0 spiro atoms. The summed E-state index contributed by atoms with van der Waals surface area (Å²) in [7, 11) is -1.32. The number of aromatic nitrogens is 2. The van der Waals surface area contributed by atoms with Crippen LogP contribution in [0.5, 0.6) is 0 Å². The molecule has 0 aliphatic rings. The van der Waals surface area contributed by atoms with Crippen LogP contribution in [0, 0.1) is 19.1 Å². The van der Waals surface area contributed by atoms with Crippen LogP contribution in [0.15, 0.2) is 146 Å². The van der Waals surface area contributed by atoms with E-state index in [0.717, 1.165) is 28.9 Å². The number of hydrogen-bond acceptors (Lipinski definition) is 3. The quantitative estimate of drug-likeness (QED) is 0.123. The van der Waals surface area contributed by atoms with Crippen molar-refractivity contribution >= 4 is 44.8 Å².